The van der Waals surface area contributed by atoms with Gasteiger partial charge in [0.25, 0.3) is 0 Å². The molecule has 0 aliphatic carbocycles. The summed E-state index contributed by atoms with van der Waals surface area (Å²) in [7, 11) is 0. The van der Waals surface area contributed by atoms with Gasteiger partial charge < -0.3 is 4.57 Å². The third kappa shape index (κ3) is 1.84. The summed E-state index contributed by atoms with van der Waals surface area (Å²) in [5, 5.41) is 1.10. The van der Waals surface area contributed by atoms with Crippen molar-refractivity contribution in [2.45, 2.75) is 13.5 Å². The largest absolute Gasteiger partial charge is 0.343 e. The van der Waals surface area contributed by atoms with Gasteiger partial charge in [0.15, 0.2) is 0 Å². The first-order valence-electron chi connectivity index (χ1n) is 4.89. The molecule has 2 rings (SSSR count). The summed E-state index contributed by atoms with van der Waals surface area (Å²) < 4.78 is 2.13. The van der Waals surface area contributed by atoms with E-state index in [0.29, 0.717) is 0 Å². The maximum atomic E-state index is 10.6. The highest BCUT2D eigenvalue weighted by atomic mass is 16.1. The van der Waals surface area contributed by atoms with Crippen molar-refractivity contribution in [2.75, 3.05) is 0 Å². The van der Waals surface area contributed by atoms with E-state index >= 15 is 0 Å². The van der Waals surface area contributed by atoms with Crippen molar-refractivity contribution in [3.63, 3.8) is 0 Å². The average Bonchev–Trinajstić information content (AvgIpc) is 2.60. The number of carbonyl (C=O) groups excluding carboxylic acids is 1. The molecule has 0 spiro atoms. The van der Waals surface area contributed by atoms with Crippen LogP contribution in [0.3, 0.4) is 0 Å². The van der Waals surface area contributed by atoms with Gasteiger partial charge in [-0.2, -0.15) is 0 Å². The van der Waals surface area contributed by atoms with Crippen molar-refractivity contribution in [1.82, 2.24) is 4.57 Å². The zero-order valence-corrected chi connectivity index (χ0v) is 8.73. The molecule has 0 fully saturated rings. The van der Waals surface area contributed by atoms with E-state index in [-0.39, 0.29) is 0 Å². The molecule has 0 radical (unpaired) electrons. The Hall–Kier alpha value is -1.83. The molecule has 2 aromatic rings. The Bertz CT molecular complexity index is 522. The molecule has 1 aromatic carbocycles. The summed E-state index contributed by atoms with van der Waals surface area (Å²) in [5.74, 6) is 0. The summed E-state index contributed by atoms with van der Waals surface area (Å²) in [4.78, 5) is 10.6. The minimum atomic E-state index is 0.718. The molecule has 0 bridgehead atoms. The molecule has 0 atom stereocenters. The molecule has 0 saturated heterocycles. The van der Waals surface area contributed by atoms with Gasteiger partial charge in [0.1, 0.15) is 6.29 Å². The molecular weight excluding hydrogens is 186 g/mol. The molecule has 1 heterocycles. The first-order valence-corrected chi connectivity index (χ1v) is 4.89. The fraction of sp³-hybridized carbons (Fsp3) is 0.154. The fourth-order valence-electron chi connectivity index (χ4n) is 1.72. The van der Waals surface area contributed by atoms with E-state index in [1.807, 2.05) is 37.4 Å². The molecule has 2 heteroatoms. The minimum Gasteiger partial charge on any atom is -0.343 e. The van der Waals surface area contributed by atoms with E-state index in [1.54, 1.807) is 0 Å². The summed E-state index contributed by atoms with van der Waals surface area (Å²) in [6, 6.07) is 7.73. The van der Waals surface area contributed by atoms with E-state index in [1.165, 1.54) is 0 Å². The number of aldehydes is 1. The SMILES string of the molecule is C=C(C)Cn1ccc2cc(C=O)ccc21. The van der Waals surface area contributed by atoms with E-state index in [0.717, 1.165) is 34.9 Å². The molecule has 1 aromatic heterocycles. The lowest BCUT2D eigenvalue weighted by Gasteiger charge is -2.04. The predicted octanol–water partition coefficient (Wildman–Crippen LogP) is 3.03. The van der Waals surface area contributed by atoms with Crippen molar-refractivity contribution in [1.29, 1.82) is 0 Å². The molecule has 0 N–H and O–H groups in total. The molecule has 2 nitrogen and oxygen atoms in total. The number of benzene rings is 1. The fourth-order valence-corrected chi connectivity index (χ4v) is 1.72. The first kappa shape index (κ1) is 9.71. The van der Waals surface area contributed by atoms with E-state index in [9.17, 15) is 4.79 Å². The Kier molecular flexibility index (Phi) is 2.42. The summed E-state index contributed by atoms with van der Waals surface area (Å²) in [5.41, 5.74) is 2.98. The van der Waals surface area contributed by atoms with E-state index in [2.05, 4.69) is 11.1 Å². The van der Waals surface area contributed by atoms with Gasteiger partial charge in [-0.3, -0.25) is 4.79 Å². The Morgan fingerprint density at radius 2 is 2.27 bits per heavy atom. The maximum absolute atomic E-state index is 10.6. The molecular formula is C13H13NO. The normalized spacial score (nSPS) is 10.5. The molecule has 0 unspecified atom stereocenters. The van der Waals surface area contributed by atoms with Gasteiger partial charge in [-0.15, -0.1) is 0 Å². The highest BCUT2D eigenvalue weighted by molar-refractivity contribution is 5.87. The summed E-state index contributed by atoms with van der Waals surface area (Å²) in [6.45, 7) is 6.72. The van der Waals surface area contributed by atoms with Gasteiger partial charge in [-0.1, -0.05) is 12.2 Å². The van der Waals surface area contributed by atoms with Gasteiger partial charge >= 0.3 is 0 Å². The maximum Gasteiger partial charge on any atom is 0.150 e. The smallest absolute Gasteiger partial charge is 0.150 e. The van der Waals surface area contributed by atoms with Gasteiger partial charge in [0, 0.05) is 29.2 Å². The van der Waals surface area contributed by atoms with Crippen LogP contribution in [0.15, 0.2) is 42.6 Å². The molecule has 0 aliphatic rings. The zero-order chi connectivity index (χ0) is 10.8. The van der Waals surface area contributed by atoms with Crippen molar-refractivity contribution in [3.05, 3.63) is 48.2 Å². The Balaban J connectivity index is 2.51. The predicted molar refractivity (Wildman–Crippen MR) is 62.1 cm³/mol. The average molecular weight is 199 g/mol. The molecule has 15 heavy (non-hydrogen) atoms. The van der Waals surface area contributed by atoms with E-state index in [4.69, 9.17) is 0 Å². The Labute approximate surface area is 88.8 Å². The number of allylic oxidation sites excluding steroid dienone is 1. The lowest BCUT2D eigenvalue weighted by molar-refractivity contribution is 0.112. The lowest BCUT2D eigenvalue weighted by atomic mass is 10.2. The van der Waals surface area contributed by atoms with Crippen LogP contribution in [0.25, 0.3) is 10.9 Å². The van der Waals surface area contributed by atoms with Crippen LogP contribution in [0.4, 0.5) is 0 Å². The highest BCUT2D eigenvalue weighted by Gasteiger charge is 2.01. The van der Waals surface area contributed by atoms with Crippen LogP contribution in [0.2, 0.25) is 0 Å². The molecule has 0 saturated carbocycles. The quantitative estimate of drug-likeness (QED) is 0.550. The summed E-state index contributed by atoms with van der Waals surface area (Å²) >= 11 is 0. The van der Waals surface area contributed by atoms with Crippen LogP contribution in [0, 0.1) is 0 Å². The van der Waals surface area contributed by atoms with Crippen molar-refractivity contribution in [2.24, 2.45) is 0 Å². The van der Waals surface area contributed by atoms with Gasteiger partial charge in [0.2, 0.25) is 0 Å². The van der Waals surface area contributed by atoms with Crippen LogP contribution in [0.5, 0.6) is 0 Å². The number of nitrogens with zero attached hydrogens (tertiary/aromatic N) is 1. The number of hydrogen-bond acceptors (Lipinski definition) is 1. The second-order valence-corrected chi connectivity index (χ2v) is 3.84. The standard InChI is InChI=1S/C13H13NO/c1-10(2)8-14-6-5-12-7-11(9-15)3-4-13(12)14/h3-7,9H,1,8H2,2H3. The molecule has 0 amide bonds. The Morgan fingerprint density at radius 1 is 1.47 bits per heavy atom. The Morgan fingerprint density at radius 3 is 2.93 bits per heavy atom. The summed E-state index contributed by atoms with van der Waals surface area (Å²) in [6.07, 6.45) is 2.89. The van der Waals surface area contributed by atoms with Crippen LogP contribution in [-0.2, 0) is 6.54 Å². The second kappa shape index (κ2) is 3.73. The third-order valence-electron chi connectivity index (χ3n) is 2.37. The molecule has 0 aliphatic heterocycles. The minimum absolute atomic E-state index is 0.718. The number of carbonyl (C=O) groups is 1. The lowest BCUT2D eigenvalue weighted by Crippen LogP contribution is -1.95. The second-order valence-electron chi connectivity index (χ2n) is 3.84. The van der Waals surface area contributed by atoms with Crippen molar-refractivity contribution < 1.29 is 4.79 Å². The number of fused-ring (bicyclic) bond motifs is 1. The first-order chi connectivity index (χ1) is 7.20. The van der Waals surface area contributed by atoms with Crippen LogP contribution in [0.1, 0.15) is 17.3 Å². The van der Waals surface area contributed by atoms with Crippen molar-refractivity contribution in [3.8, 4) is 0 Å². The van der Waals surface area contributed by atoms with E-state index < -0.39 is 0 Å². The van der Waals surface area contributed by atoms with Crippen LogP contribution >= 0.6 is 0 Å². The van der Waals surface area contributed by atoms with Crippen molar-refractivity contribution >= 4 is 17.2 Å². The van der Waals surface area contributed by atoms with Crippen LogP contribution in [-0.4, -0.2) is 10.9 Å². The number of aromatic nitrogens is 1. The molecule has 76 valence electrons. The van der Waals surface area contributed by atoms with Gasteiger partial charge in [0.05, 0.1) is 0 Å². The highest BCUT2D eigenvalue weighted by Crippen LogP contribution is 2.17. The monoisotopic (exact) mass is 199 g/mol. The number of rotatable bonds is 3. The van der Waals surface area contributed by atoms with Gasteiger partial charge in [-0.25, -0.2) is 0 Å². The topological polar surface area (TPSA) is 22.0 Å². The zero-order valence-electron chi connectivity index (χ0n) is 8.73. The number of hydrogen-bond donors (Lipinski definition) is 0. The van der Waals surface area contributed by atoms with Crippen LogP contribution < -0.4 is 0 Å². The van der Waals surface area contributed by atoms with Gasteiger partial charge in [-0.05, 0) is 31.2 Å². The third-order valence-corrected chi connectivity index (χ3v) is 2.37.